The average molecular weight is 537 g/mol. The van der Waals surface area contributed by atoms with Gasteiger partial charge in [0, 0.05) is 21.7 Å². The summed E-state index contributed by atoms with van der Waals surface area (Å²) in [5, 5.41) is 20.5. The molecular formula is C26H40N4O4S2. The van der Waals surface area contributed by atoms with Crippen LogP contribution in [0.2, 0.25) is 0 Å². The number of carbonyl (C=O) groups is 2. The number of nitrogens with one attached hydrogen (secondary N) is 2. The molecule has 0 radical (unpaired) electrons. The summed E-state index contributed by atoms with van der Waals surface area (Å²) in [6.45, 7) is 18.4. The third kappa shape index (κ3) is 7.06. The monoisotopic (exact) mass is 536 g/mol. The number of fused-ring (bicyclic) bond motifs is 2. The average Bonchev–Trinajstić information content (AvgIpc) is 3.34. The Balaban J connectivity index is 0.000000199. The van der Waals surface area contributed by atoms with E-state index in [9.17, 15) is 19.8 Å². The first-order valence-corrected chi connectivity index (χ1v) is 13.7. The number of hydrogen-bond acceptors (Lipinski definition) is 8. The summed E-state index contributed by atoms with van der Waals surface area (Å²) in [6.07, 6.45) is 5.74. The van der Waals surface area contributed by atoms with Gasteiger partial charge in [-0.1, -0.05) is 78.1 Å². The van der Waals surface area contributed by atoms with Gasteiger partial charge in [0.1, 0.15) is 11.4 Å². The van der Waals surface area contributed by atoms with Crippen LogP contribution < -0.4 is 31.6 Å². The predicted molar refractivity (Wildman–Crippen MR) is 140 cm³/mol. The number of nitrogen functional groups attached to an aromatic ring is 2. The molecule has 0 saturated heterocycles. The fraction of sp³-hybridized carbons (Fsp3) is 0.615. The maximum absolute atomic E-state index is 9.41. The van der Waals surface area contributed by atoms with Crippen molar-refractivity contribution in [2.45, 2.75) is 103 Å². The summed E-state index contributed by atoms with van der Waals surface area (Å²) >= 11 is 3.44. The summed E-state index contributed by atoms with van der Waals surface area (Å²) in [6, 6.07) is 0. The van der Waals surface area contributed by atoms with Gasteiger partial charge in [-0.25, -0.2) is 9.97 Å². The molecule has 0 fully saturated rings. The van der Waals surface area contributed by atoms with Gasteiger partial charge < -0.3 is 19.8 Å². The fourth-order valence-electron chi connectivity index (χ4n) is 4.50. The summed E-state index contributed by atoms with van der Waals surface area (Å²) in [5.74, 6) is -3.09. The lowest BCUT2D eigenvalue weighted by Gasteiger charge is -2.36. The molecule has 4 rings (SSSR count). The van der Waals surface area contributed by atoms with E-state index >= 15 is 0 Å². The van der Waals surface area contributed by atoms with Crippen LogP contribution in [0, 0.1) is 0 Å². The molecule has 36 heavy (non-hydrogen) atoms. The lowest BCUT2D eigenvalue weighted by molar-refractivity contribution is -0.376. The van der Waals surface area contributed by atoms with Crippen molar-refractivity contribution in [3.05, 3.63) is 33.3 Å². The van der Waals surface area contributed by atoms with Crippen LogP contribution in [-0.4, -0.2) is 11.9 Å². The van der Waals surface area contributed by atoms with Gasteiger partial charge in [-0.05, 0) is 37.8 Å². The SMILES string of the molecule is CC1(C)CCC(C)(C)c2sc(N)[nH+]c21.CC1(C)CCC(C)(C)c2sc(N)[nH+]c21.O=C([O-])/C=C/C(=O)[O-]. The van der Waals surface area contributed by atoms with Gasteiger partial charge in [0.25, 0.3) is 0 Å². The van der Waals surface area contributed by atoms with Gasteiger partial charge in [-0.3, -0.25) is 11.5 Å². The third-order valence-corrected chi connectivity index (χ3v) is 9.63. The van der Waals surface area contributed by atoms with E-state index in [-0.39, 0.29) is 10.8 Å². The minimum Gasteiger partial charge on any atom is -0.545 e. The number of carbonyl (C=O) groups excluding carboxylic acids is 2. The second-order valence-electron chi connectivity index (χ2n) is 12.1. The zero-order chi connectivity index (χ0) is 27.7. The maximum Gasteiger partial charge on any atom is 0.329 e. The molecule has 0 atom stereocenters. The first-order valence-electron chi connectivity index (χ1n) is 12.0. The summed E-state index contributed by atoms with van der Waals surface area (Å²) in [7, 11) is 0. The topological polar surface area (TPSA) is 161 Å². The number of rotatable bonds is 2. The molecule has 0 aliphatic heterocycles. The Morgan fingerprint density at radius 1 is 0.667 bits per heavy atom. The van der Waals surface area contributed by atoms with E-state index in [1.54, 1.807) is 22.7 Å². The van der Waals surface area contributed by atoms with Crippen molar-refractivity contribution in [2.24, 2.45) is 0 Å². The Kier molecular flexibility index (Phi) is 8.68. The normalized spacial score (nSPS) is 20.1. The highest BCUT2D eigenvalue weighted by Gasteiger charge is 2.43. The van der Waals surface area contributed by atoms with E-state index in [1.807, 2.05) is 0 Å². The lowest BCUT2D eigenvalue weighted by atomic mass is 9.69. The summed E-state index contributed by atoms with van der Waals surface area (Å²) in [4.78, 5) is 28.4. The summed E-state index contributed by atoms with van der Waals surface area (Å²) < 4.78 is 0. The van der Waals surface area contributed by atoms with Crippen LogP contribution in [0.5, 0.6) is 0 Å². The summed E-state index contributed by atoms with van der Waals surface area (Å²) in [5.41, 5.74) is 15.6. The van der Waals surface area contributed by atoms with Crippen LogP contribution in [0.25, 0.3) is 0 Å². The molecule has 8 nitrogen and oxygen atoms in total. The van der Waals surface area contributed by atoms with Crippen molar-refractivity contribution in [1.82, 2.24) is 0 Å². The molecule has 0 saturated carbocycles. The van der Waals surface area contributed by atoms with Crippen LogP contribution in [0.1, 0.15) is 102 Å². The maximum atomic E-state index is 9.41. The highest BCUT2D eigenvalue weighted by Crippen LogP contribution is 2.47. The van der Waals surface area contributed by atoms with Gasteiger partial charge in [0.2, 0.25) is 0 Å². The van der Waals surface area contributed by atoms with E-state index in [2.05, 4.69) is 65.4 Å². The van der Waals surface area contributed by atoms with E-state index in [4.69, 9.17) is 11.5 Å². The Bertz CT molecular complexity index is 988. The van der Waals surface area contributed by atoms with Crippen LogP contribution >= 0.6 is 22.7 Å². The van der Waals surface area contributed by atoms with Crippen molar-refractivity contribution < 1.29 is 29.8 Å². The second-order valence-corrected chi connectivity index (χ2v) is 14.2. The molecule has 0 unspecified atom stereocenters. The van der Waals surface area contributed by atoms with E-state index in [1.165, 1.54) is 46.8 Å². The molecule has 2 aromatic heterocycles. The molecule has 2 heterocycles. The first-order chi connectivity index (χ1) is 16.3. The fourth-order valence-corrected chi connectivity index (χ4v) is 6.86. The van der Waals surface area contributed by atoms with E-state index in [0.717, 1.165) is 10.3 Å². The van der Waals surface area contributed by atoms with Crippen LogP contribution in [-0.2, 0) is 31.2 Å². The van der Waals surface area contributed by atoms with Crippen LogP contribution in [0.4, 0.5) is 10.3 Å². The van der Waals surface area contributed by atoms with Crippen molar-refractivity contribution >= 4 is 44.9 Å². The number of carboxylic acids is 2. The quantitative estimate of drug-likeness (QED) is 0.558. The number of aliphatic carboxylic acids is 2. The van der Waals surface area contributed by atoms with Crippen molar-refractivity contribution in [1.29, 1.82) is 0 Å². The zero-order valence-corrected chi connectivity index (χ0v) is 24.2. The number of nitrogens with two attached hydrogens (primary N) is 2. The molecule has 0 spiro atoms. The standard InChI is InChI=1S/2C11H18N2S.C4H4O4/c2*1-10(2)5-6-11(3,4)8-7(10)13-9(12)14-8;5-3(6)1-2-4(7)8/h2*5-6H2,1-4H3,(H2,12,13);1-2H,(H,5,6)(H,7,8)/b;;2-1+. The highest BCUT2D eigenvalue weighted by atomic mass is 32.1. The van der Waals surface area contributed by atoms with Gasteiger partial charge in [-0.15, -0.1) is 0 Å². The number of H-pyrrole nitrogens is 2. The van der Waals surface area contributed by atoms with Crippen molar-refractivity contribution in [3.63, 3.8) is 0 Å². The Morgan fingerprint density at radius 2 is 0.944 bits per heavy atom. The molecule has 10 heteroatoms. The third-order valence-electron chi connectivity index (χ3n) is 7.06. The van der Waals surface area contributed by atoms with Crippen molar-refractivity contribution in [2.75, 3.05) is 11.5 Å². The molecule has 0 amide bonds. The van der Waals surface area contributed by atoms with Gasteiger partial charge in [0.05, 0.1) is 21.7 Å². The molecular weight excluding hydrogens is 496 g/mol. The largest absolute Gasteiger partial charge is 0.545 e. The van der Waals surface area contributed by atoms with Crippen molar-refractivity contribution in [3.8, 4) is 0 Å². The van der Waals surface area contributed by atoms with Gasteiger partial charge in [-0.2, -0.15) is 0 Å². The van der Waals surface area contributed by atoms with Crippen LogP contribution in [0.15, 0.2) is 12.2 Å². The Labute approximate surface area is 221 Å². The number of carboxylic acid groups (broad SMARTS) is 2. The molecule has 0 aromatic carbocycles. The Hall–Kier alpha value is -2.46. The number of thiazole rings is 2. The smallest absolute Gasteiger partial charge is 0.329 e. The van der Waals surface area contributed by atoms with E-state index in [0.29, 0.717) is 23.0 Å². The van der Waals surface area contributed by atoms with Crippen LogP contribution in [0.3, 0.4) is 0 Å². The minimum absolute atomic E-state index is 0.263. The highest BCUT2D eigenvalue weighted by molar-refractivity contribution is 7.15. The number of hydrogen-bond donors (Lipinski definition) is 2. The zero-order valence-electron chi connectivity index (χ0n) is 22.6. The lowest BCUT2D eigenvalue weighted by Crippen LogP contribution is -2.36. The molecule has 2 aliphatic rings. The number of aromatic amines is 2. The molecule has 2 aromatic rings. The van der Waals surface area contributed by atoms with Gasteiger partial charge in [0.15, 0.2) is 0 Å². The minimum atomic E-state index is -1.55. The van der Waals surface area contributed by atoms with Gasteiger partial charge >= 0.3 is 10.3 Å². The second kappa shape index (κ2) is 10.5. The predicted octanol–water partition coefficient (Wildman–Crippen LogP) is 2.03. The molecule has 6 N–H and O–H groups in total. The Morgan fingerprint density at radius 3 is 1.19 bits per heavy atom. The number of anilines is 2. The van der Waals surface area contributed by atoms with E-state index < -0.39 is 11.9 Å². The number of aromatic nitrogens is 2. The molecule has 2 aliphatic carbocycles. The molecule has 0 bridgehead atoms. The molecule has 200 valence electrons. The first kappa shape index (κ1) is 29.8.